The van der Waals surface area contributed by atoms with E-state index in [1.54, 1.807) is 24.3 Å². The maximum absolute atomic E-state index is 12.8. The number of allylic oxidation sites excluding steroid dienone is 1. The van der Waals surface area contributed by atoms with Crippen LogP contribution in [0.5, 0.6) is 0 Å². The van der Waals surface area contributed by atoms with Gasteiger partial charge in [0.05, 0.1) is 0 Å². The first-order valence-electron chi connectivity index (χ1n) is 7.85. The predicted molar refractivity (Wildman–Crippen MR) is 89.3 cm³/mol. The van der Waals surface area contributed by atoms with Crippen LogP contribution >= 0.6 is 0 Å². The van der Waals surface area contributed by atoms with Gasteiger partial charge in [-0.05, 0) is 47.0 Å². The molecular formula is C18H22O4S. The lowest BCUT2D eigenvalue weighted by molar-refractivity contribution is -0.125. The van der Waals surface area contributed by atoms with Crippen LogP contribution in [-0.2, 0) is 20.7 Å². The largest absolute Gasteiger partial charge is 0.294 e. The molecule has 2 saturated carbocycles. The lowest BCUT2D eigenvalue weighted by Crippen LogP contribution is -2.32. The van der Waals surface area contributed by atoms with Crippen molar-refractivity contribution in [2.75, 3.05) is 0 Å². The topological polar surface area (TPSA) is 71.4 Å². The molecule has 0 radical (unpaired) electrons. The molecule has 0 aliphatic heterocycles. The Hall–Kier alpha value is -1.46. The molecule has 2 fully saturated rings. The summed E-state index contributed by atoms with van der Waals surface area (Å²) in [4.78, 5) is 12.8. The summed E-state index contributed by atoms with van der Waals surface area (Å²) in [5.74, 6) is 0.148. The lowest BCUT2D eigenvalue weighted by Gasteiger charge is -2.31. The number of Topliss-reactive ketones (excluding diaryl/α,β-unsaturated/α-hetero) is 1. The SMILES string of the molecule is CC12CCC(/C(=C\c3ccc(CS(=O)(=O)O)cc3)C1=O)C2(C)C. The molecule has 0 saturated heterocycles. The van der Waals surface area contributed by atoms with E-state index in [9.17, 15) is 13.2 Å². The summed E-state index contributed by atoms with van der Waals surface area (Å²) in [5.41, 5.74) is 2.03. The van der Waals surface area contributed by atoms with E-state index in [4.69, 9.17) is 4.55 Å². The van der Waals surface area contributed by atoms with Gasteiger partial charge >= 0.3 is 0 Å². The molecule has 1 aromatic carbocycles. The monoisotopic (exact) mass is 334 g/mol. The molecule has 2 unspecified atom stereocenters. The van der Waals surface area contributed by atoms with Crippen LogP contribution in [0.25, 0.3) is 6.08 Å². The number of benzene rings is 1. The van der Waals surface area contributed by atoms with Crippen LogP contribution in [0.15, 0.2) is 29.8 Å². The summed E-state index contributed by atoms with van der Waals surface area (Å²) >= 11 is 0. The minimum absolute atomic E-state index is 0.0131. The van der Waals surface area contributed by atoms with Crippen LogP contribution in [-0.4, -0.2) is 18.8 Å². The number of carbonyl (C=O) groups excluding carboxylic acids is 1. The average molecular weight is 334 g/mol. The molecule has 4 nitrogen and oxygen atoms in total. The highest BCUT2D eigenvalue weighted by Gasteiger charge is 2.63. The van der Waals surface area contributed by atoms with Gasteiger partial charge in [0.15, 0.2) is 5.78 Å². The van der Waals surface area contributed by atoms with Crippen molar-refractivity contribution in [3.63, 3.8) is 0 Å². The summed E-state index contributed by atoms with van der Waals surface area (Å²) in [6, 6.07) is 6.93. The normalized spacial score (nSPS) is 31.0. The number of carbonyl (C=O) groups is 1. The third kappa shape index (κ3) is 2.56. The molecule has 2 bridgehead atoms. The highest BCUT2D eigenvalue weighted by Crippen LogP contribution is 2.65. The van der Waals surface area contributed by atoms with Gasteiger partial charge in [0.1, 0.15) is 5.75 Å². The third-order valence-corrected chi connectivity index (χ3v) is 6.71. The molecule has 1 aromatic rings. The van der Waals surface area contributed by atoms with E-state index < -0.39 is 15.9 Å². The van der Waals surface area contributed by atoms with E-state index in [1.165, 1.54) is 0 Å². The molecule has 5 heteroatoms. The fourth-order valence-corrected chi connectivity index (χ4v) is 4.81. The average Bonchev–Trinajstić information content (AvgIpc) is 2.74. The standard InChI is InChI=1S/C18H22O4S/c1-17(2)15-8-9-18(17,3)16(19)14(15)10-12-4-6-13(7-5-12)11-23(20,21)22/h4-7,10,15H,8-9,11H2,1-3H3,(H,20,21,22)/b14-10+. The number of rotatable bonds is 3. The smallest absolute Gasteiger partial charge is 0.269 e. The second-order valence-corrected chi connectivity index (χ2v) is 8.99. The zero-order chi connectivity index (χ0) is 17.0. The zero-order valence-electron chi connectivity index (χ0n) is 13.7. The minimum atomic E-state index is -4.02. The fourth-order valence-electron chi connectivity index (χ4n) is 4.19. The predicted octanol–water partition coefficient (Wildman–Crippen LogP) is 3.48. The Bertz CT molecular complexity index is 787. The van der Waals surface area contributed by atoms with Crippen LogP contribution in [0.3, 0.4) is 0 Å². The Morgan fingerprint density at radius 3 is 2.30 bits per heavy atom. The molecule has 0 heterocycles. The molecule has 0 spiro atoms. The molecule has 23 heavy (non-hydrogen) atoms. The minimum Gasteiger partial charge on any atom is -0.294 e. The number of hydrogen-bond donors (Lipinski definition) is 1. The Morgan fingerprint density at radius 2 is 1.83 bits per heavy atom. The molecule has 2 atom stereocenters. The summed E-state index contributed by atoms with van der Waals surface area (Å²) < 4.78 is 30.7. The lowest BCUT2D eigenvalue weighted by atomic mass is 9.70. The van der Waals surface area contributed by atoms with E-state index in [1.807, 2.05) is 6.08 Å². The maximum atomic E-state index is 12.8. The number of hydrogen-bond acceptors (Lipinski definition) is 3. The Balaban J connectivity index is 1.90. The highest BCUT2D eigenvalue weighted by molar-refractivity contribution is 7.85. The van der Waals surface area contributed by atoms with E-state index in [0.29, 0.717) is 5.56 Å². The molecule has 1 N–H and O–H groups in total. The summed E-state index contributed by atoms with van der Waals surface area (Å²) in [6.45, 7) is 6.43. The van der Waals surface area contributed by atoms with Crippen LogP contribution in [0, 0.1) is 16.7 Å². The number of ketones is 1. The van der Waals surface area contributed by atoms with Crippen LogP contribution in [0.2, 0.25) is 0 Å². The van der Waals surface area contributed by atoms with Crippen molar-refractivity contribution in [2.24, 2.45) is 16.7 Å². The zero-order valence-corrected chi connectivity index (χ0v) is 14.5. The first-order valence-corrected chi connectivity index (χ1v) is 9.46. The fraction of sp³-hybridized carbons (Fsp3) is 0.500. The van der Waals surface area contributed by atoms with E-state index in [2.05, 4.69) is 20.8 Å². The summed E-state index contributed by atoms with van der Waals surface area (Å²) in [5, 5.41) is 0. The quantitative estimate of drug-likeness (QED) is 0.678. The molecular weight excluding hydrogens is 312 g/mol. The van der Waals surface area contributed by atoms with Gasteiger partial charge < -0.3 is 0 Å². The van der Waals surface area contributed by atoms with Crippen molar-refractivity contribution in [1.29, 1.82) is 0 Å². The number of fused-ring (bicyclic) bond motifs is 2. The summed E-state index contributed by atoms with van der Waals surface area (Å²) in [7, 11) is -4.02. The molecule has 2 aliphatic rings. The van der Waals surface area contributed by atoms with Crippen molar-refractivity contribution in [3.8, 4) is 0 Å². The molecule has 3 rings (SSSR count). The third-order valence-electron chi connectivity index (χ3n) is 6.02. The first kappa shape index (κ1) is 16.4. The van der Waals surface area contributed by atoms with Gasteiger partial charge in [-0.1, -0.05) is 45.0 Å². The second-order valence-electron chi connectivity index (χ2n) is 7.54. The van der Waals surface area contributed by atoms with Gasteiger partial charge in [0.2, 0.25) is 0 Å². The first-order chi connectivity index (χ1) is 10.5. The van der Waals surface area contributed by atoms with Gasteiger partial charge in [-0.25, -0.2) is 0 Å². The van der Waals surface area contributed by atoms with Crippen molar-refractivity contribution >= 4 is 22.0 Å². The maximum Gasteiger partial charge on any atom is 0.269 e. The van der Waals surface area contributed by atoms with Gasteiger partial charge in [-0.2, -0.15) is 8.42 Å². The Kier molecular flexibility index (Phi) is 3.58. The van der Waals surface area contributed by atoms with Crippen LogP contribution in [0.4, 0.5) is 0 Å². The molecule has 2 aliphatic carbocycles. The van der Waals surface area contributed by atoms with Crippen LogP contribution in [0.1, 0.15) is 44.7 Å². The van der Waals surface area contributed by atoms with Gasteiger partial charge in [0.25, 0.3) is 10.1 Å². The van der Waals surface area contributed by atoms with Crippen molar-refractivity contribution < 1.29 is 17.8 Å². The van der Waals surface area contributed by atoms with Crippen molar-refractivity contribution in [2.45, 2.75) is 39.4 Å². The Labute approximate surface area is 137 Å². The Morgan fingerprint density at radius 1 is 1.22 bits per heavy atom. The van der Waals surface area contributed by atoms with Gasteiger partial charge in [-0.15, -0.1) is 0 Å². The van der Waals surface area contributed by atoms with Crippen molar-refractivity contribution in [1.82, 2.24) is 0 Å². The van der Waals surface area contributed by atoms with Gasteiger partial charge in [0, 0.05) is 5.41 Å². The molecule has 124 valence electrons. The molecule has 0 amide bonds. The van der Waals surface area contributed by atoms with E-state index in [-0.39, 0.29) is 22.5 Å². The van der Waals surface area contributed by atoms with Crippen LogP contribution < -0.4 is 0 Å². The van der Waals surface area contributed by atoms with Gasteiger partial charge in [-0.3, -0.25) is 9.35 Å². The second kappa shape index (κ2) is 5.02. The molecule has 0 aromatic heterocycles. The highest BCUT2D eigenvalue weighted by atomic mass is 32.2. The van der Waals surface area contributed by atoms with E-state index in [0.717, 1.165) is 24.0 Å². The van der Waals surface area contributed by atoms with Crippen molar-refractivity contribution in [3.05, 3.63) is 41.0 Å². The summed E-state index contributed by atoms with van der Waals surface area (Å²) in [6.07, 6.45) is 3.94. The van der Waals surface area contributed by atoms with E-state index >= 15 is 0 Å².